The summed E-state index contributed by atoms with van der Waals surface area (Å²) in [6, 6.07) is 0. The van der Waals surface area contributed by atoms with E-state index in [0.717, 1.165) is 19.3 Å². The zero-order valence-electron chi connectivity index (χ0n) is 5.56. The SMILES string of the molecule is OCCCCC(Cl)C(Cl)Cl. The van der Waals surface area contributed by atoms with Crippen molar-refractivity contribution < 1.29 is 5.11 Å². The molecule has 0 heterocycles. The molecule has 1 atom stereocenters. The monoisotopic (exact) mass is 204 g/mol. The molecule has 0 aromatic rings. The Hall–Kier alpha value is 0.830. The fraction of sp³-hybridized carbons (Fsp3) is 1.00. The molecule has 1 nitrogen and oxygen atoms in total. The van der Waals surface area contributed by atoms with Crippen molar-refractivity contribution in [3.63, 3.8) is 0 Å². The topological polar surface area (TPSA) is 20.2 Å². The van der Waals surface area contributed by atoms with Gasteiger partial charge in [0.05, 0.1) is 5.38 Å². The quantitative estimate of drug-likeness (QED) is 0.540. The van der Waals surface area contributed by atoms with Crippen LogP contribution in [0.3, 0.4) is 0 Å². The summed E-state index contributed by atoms with van der Waals surface area (Å²) < 4.78 is 0. The Morgan fingerprint density at radius 1 is 1.10 bits per heavy atom. The van der Waals surface area contributed by atoms with Gasteiger partial charge in [0.2, 0.25) is 0 Å². The molecule has 1 N–H and O–H groups in total. The first-order valence-electron chi connectivity index (χ1n) is 3.21. The van der Waals surface area contributed by atoms with Gasteiger partial charge in [0.1, 0.15) is 4.84 Å². The van der Waals surface area contributed by atoms with Gasteiger partial charge in [0.25, 0.3) is 0 Å². The Morgan fingerprint density at radius 2 is 1.70 bits per heavy atom. The number of hydrogen-bond donors (Lipinski definition) is 1. The molecule has 62 valence electrons. The van der Waals surface area contributed by atoms with Crippen LogP contribution in [0.15, 0.2) is 0 Å². The summed E-state index contributed by atoms with van der Waals surface area (Å²) >= 11 is 16.7. The van der Waals surface area contributed by atoms with E-state index in [2.05, 4.69) is 0 Å². The normalized spacial score (nSPS) is 14.1. The summed E-state index contributed by atoms with van der Waals surface area (Å²) in [7, 11) is 0. The molecular weight excluding hydrogens is 194 g/mol. The predicted molar refractivity (Wildman–Crippen MR) is 46.1 cm³/mol. The minimum absolute atomic E-state index is 0.185. The Labute approximate surface area is 76.3 Å². The van der Waals surface area contributed by atoms with Crippen molar-refractivity contribution in [1.29, 1.82) is 0 Å². The van der Waals surface area contributed by atoms with E-state index >= 15 is 0 Å². The summed E-state index contributed by atoms with van der Waals surface area (Å²) in [6.07, 6.45) is 2.41. The summed E-state index contributed by atoms with van der Waals surface area (Å²) in [5.41, 5.74) is 0. The number of rotatable bonds is 5. The fourth-order valence-electron chi connectivity index (χ4n) is 0.577. The largest absolute Gasteiger partial charge is 0.396 e. The van der Waals surface area contributed by atoms with Crippen molar-refractivity contribution in [2.75, 3.05) is 6.61 Å². The first-order chi connectivity index (χ1) is 4.68. The van der Waals surface area contributed by atoms with E-state index in [4.69, 9.17) is 39.9 Å². The molecule has 0 aromatic heterocycles. The lowest BCUT2D eigenvalue weighted by Gasteiger charge is -2.07. The maximum atomic E-state index is 8.41. The third-order valence-corrected chi connectivity index (χ3v) is 2.50. The second kappa shape index (κ2) is 6.53. The van der Waals surface area contributed by atoms with E-state index in [0.29, 0.717) is 0 Å². The lowest BCUT2D eigenvalue weighted by molar-refractivity contribution is 0.283. The molecule has 0 bridgehead atoms. The minimum atomic E-state index is -0.500. The molecule has 0 aromatic carbocycles. The van der Waals surface area contributed by atoms with Gasteiger partial charge >= 0.3 is 0 Å². The number of unbranched alkanes of at least 4 members (excludes halogenated alkanes) is 1. The van der Waals surface area contributed by atoms with Crippen LogP contribution in [-0.2, 0) is 0 Å². The molecule has 0 amide bonds. The number of hydrogen-bond acceptors (Lipinski definition) is 1. The molecule has 4 heteroatoms. The molecular formula is C6H11Cl3O. The highest BCUT2D eigenvalue weighted by Gasteiger charge is 2.11. The van der Waals surface area contributed by atoms with Crippen molar-refractivity contribution in [3.8, 4) is 0 Å². The van der Waals surface area contributed by atoms with Gasteiger partial charge in [0.15, 0.2) is 0 Å². The Morgan fingerprint density at radius 3 is 2.10 bits per heavy atom. The van der Waals surface area contributed by atoms with Gasteiger partial charge in [-0.05, 0) is 19.3 Å². The van der Waals surface area contributed by atoms with E-state index in [9.17, 15) is 0 Å². The Balaban J connectivity index is 3.13. The van der Waals surface area contributed by atoms with Crippen LogP contribution in [-0.4, -0.2) is 21.9 Å². The van der Waals surface area contributed by atoms with Gasteiger partial charge in [-0.25, -0.2) is 0 Å². The second-order valence-corrected chi connectivity index (χ2v) is 3.79. The molecule has 0 radical (unpaired) electrons. The summed E-state index contributed by atoms with van der Waals surface area (Å²) in [4.78, 5) is -0.500. The van der Waals surface area contributed by atoms with Gasteiger partial charge in [-0.15, -0.1) is 34.8 Å². The first kappa shape index (κ1) is 10.8. The maximum Gasteiger partial charge on any atom is 0.124 e. The van der Waals surface area contributed by atoms with Crippen LogP contribution in [0, 0.1) is 0 Å². The highest BCUT2D eigenvalue weighted by Crippen LogP contribution is 2.19. The third kappa shape index (κ3) is 5.60. The van der Waals surface area contributed by atoms with E-state index in [1.807, 2.05) is 0 Å². The van der Waals surface area contributed by atoms with Gasteiger partial charge in [-0.3, -0.25) is 0 Å². The average molecular weight is 206 g/mol. The maximum absolute atomic E-state index is 8.41. The van der Waals surface area contributed by atoms with Crippen LogP contribution < -0.4 is 0 Å². The van der Waals surface area contributed by atoms with E-state index in [1.165, 1.54) is 0 Å². The highest BCUT2D eigenvalue weighted by atomic mass is 35.5. The van der Waals surface area contributed by atoms with Crippen LogP contribution in [0.1, 0.15) is 19.3 Å². The summed E-state index contributed by atoms with van der Waals surface area (Å²) in [5, 5.41) is 8.22. The molecule has 0 aliphatic heterocycles. The highest BCUT2D eigenvalue weighted by molar-refractivity contribution is 6.48. The van der Waals surface area contributed by atoms with Crippen LogP contribution in [0.2, 0.25) is 0 Å². The smallest absolute Gasteiger partial charge is 0.124 e. The molecule has 0 aliphatic rings. The lowest BCUT2D eigenvalue weighted by atomic mass is 10.2. The Bertz CT molecular complexity index is 77.4. The molecule has 0 saturated carbocycles. The van der Waals surface area contributed by atoms with Gasteiger partial charge in [0, 0.05) is 6.61 Å². The van der Waals surface area contributed by atoms with Crippen LogP contribution in [0.5, 0.6) is 0 Å². The van der Waals surface area contributed by atoms with Gasteiger partial charge in [-0.1, -0.05) is 0 Å². The lowest BCUT2D eigenvalue weighted by Crippen LogP contribution is -2.07. The van der Waals surface area contributed by atoms with Crippen molar-refractivity contribution in [2.24, 2.45) is 0 Å². The van der Waals surface area contributed by atoms with Crippen LogP contribution in [0.4, 0.5) is 0 Å². The molecule has 0 aliphatic carbocycles. The number of aliphatic hydroxyl groups is 1. The molecule has 1 unspecified atom stereocenters. The van der Waals surface area contributed by atoms with Crippen molar-refractivity contribution in [1.82, 2.24) is 0 Å². The number of aliphatic hydroxyl groups excluding tert-OH is 1. The summed E-state index contributed by atoms with van der Waals surface area (Å²) in [6.45, 7) is 0.207. The minimum Gasteiger partial charge on any atom is -0.396 e. The van der Waals surface area contributed by atoms with Crippen molar-refractivity contribution >= 4 is 34.8 Å². The number of alkyl halides is 3. The van der Waals surface area contributed by atoms with Gasteiger partial charge < -0.3 is 5.11 Å². The number of halogens is 3. The molecule has 0 spiro atoms. The van der Waals surface area contributed by atoms with Crippen molar-refractivity contribution in [3.05, 3.63) is 0 Å². The molecule has 0 saturated heterocycles. The van der Waals surface area contributed by atoms with E-state index in [1.54, 1.807) is 0 Å². The Kier molecular flexibility index (Phi) is 7.08. The predicted octanol–water partition coefficient (Wildman–Crippen LogP) is 2.56. The zero-order valence-corrected chi connectivity index (χ0v) is 7.83. The van der Waals surface area contributed by atoms with E-state index < -0.39 is 4.84 Å². The van der Waals surface area contributed by atoms with Crippen LogP contribution >= 0.6 is 34.8 Å². The second-order valence-electron chi connectivity index (χ2n) is 2.07. The van der Waals surface area contributed by atoms with Gasteiger partial charge in [-0.2, -0.15) is 0 Å². The average Bonchev–Trinajstić information content (AvgIpc) is 1.88. The van der Waals surface area contributed by atoms with Crippen LogP contribution in [0.25, 0.3) is 0 Å². The van der Waals surface area contributed by atoms with Crippen molar-refractivity contribution in [2.45, 2.75) is 29.5 Å². The molecule has 0 rings (SSSR count). The third-order valence-electron chi connectivity index (χ3n) is 1.16. The first-order valence-corrected chi connectivity index (χ1v) is 4.52. The molecule has 0 fully saturated rings. The fourth-order valence-corrected chi connectivity index (χ4v) is 0.983. The zero-order chi connectivity index (χ0) is 7.98. The molecule has 10 heavy (non-hydrogen) atoms. The van der Waals surface area contributed by atoms with E-state index in [-0.39, 0.29) is 12.0 Å². The summed E-state index contributed by atoms with van der Waals surface area (Å²) in [5.74, 6) is 0. The standard InChI is InChI=1S/C6H11Cl3O/c7-5(6(8)9)3-1-2-4-10/h5-6,10H,1-4H2.